The number of nitrogens with zero attached hydrogens (tertiary/aromatic N) is 1. The van der Waals surface area contributed by atoms with Gasteiger partial charge in [-0.05, 0) is 18.2 Å². The number of β-amino-alcohol motifs (C(OH)–C–C–N with tert-alkyl or cyclic N) is 1. The van der Waals surface area contributed by atoms with Crippen LogP contribution in [0.1, 0.15) is 10.5 Å². The topological polar surface area (TPSA) is 106 Å². The fourth-order valence-electron chi connectivity index (χ4n) is 3.03. The number of nitrogens with one attached hydrogen (secondary N) is 2. The zero-order valence-electron chi connectivity index (χ0n) is 14.3. The Morgan fingerprint density at radius 1 is 1.22 bits per heavy atom. The zero-order chi connectivity index (χ0) is 17.2. The van der Waals surface area contributed by atoms with E-state index in [0.29, 0.717) is 55.7 Å². The van der Waals surface area contributed by atoms with E-state index in [9.17, 15) is 9.90 Å². The molecule has 1 amide bonds. The van der Waals surface area contributed by atoms with E-state index in [1.165, 1.54) is 6.39 Å². The van der Waals surface area contributed by atoms with Gasteiger partial charge in [-0.2, -0.15) is 0 Å². The molecule has 2 aliphatic heterocycles. The number of aromatic nitrogens is 1. The second kappa shape index (κ2) is 9.27. The fourth-order valence-corrected chi connectivity index (χ4v) is 3.03. The molecular weight excluding hydrogens is 397 g/mol. The number of hydrogen-bond donors (Lipinski definition) is 3. The summed E-state index contributed by atoms with van der Waals surface area (Å²) in [5.41, 5.74) is 0.895. The van der Waals surface area contributed by atoms with E-state index in [0.717, 1.165) is 0 Å². The molecule has 2 aromatic rings. The quantitative estimate of drug-likeness (QED) is 0.687. The number of benzene rings is 1. The molecule has 27 heavy (non-hydrogen) atoms. The van der Waals surface area contributed by atoms with E-state index in [4.69, 9.17) is 13.9 Å². The van der Waals surface area contributed by atoms with E-state index >= 15 is 0 Å². The number of aliphatic hydroxyl groups is 1. The molecule has 148 valence electrons. The SMILES string of the molecule is Cl.Cl.O=C(NCC1CNCC1O)c1ncoc1-c1ccc2c(c1)OCCO2. The Hall–Kier alpha value is -2.00. The van der Waals surface area contributed by atoms with E-state index in [2.05, 4.69) is 15.6 Å². The molecular formula is C17H21Cl2N3O5. The number of amides is 1. The van der Waals surface area contributed by atoms with Gasteiger partial charge in [-0.1, -0.05) is 0 Å². The standard InChI is InChI=1S/C17H19N3O5.2ClH/c21-12-8-18-6-11(12)7-19-17(22)15-16(25-9-20-15)10-1-2-13-14(5-10)24-4-3-23-13;;/h1-2,5,9,11-12,18,21H,3-4,6-8H2,(H,19,22);2*1H. The lowest BCUT2D eigenvalue weighted by Gasteiger charge is -2.18. The molecule has 2 aliphatic rings. The summed E-state index contributed by atoms with van der Waals surface area (Å²) in [7, 11) is 0. The molecule has 3 heterocycles. The van der Waals surface area contributed by atoms with E-state index in [1.807, 2.05) is 0 Å². The van der Waals surface area contributed by atoms with Gasteiger partial charge in [-0.3, -0.25) is 4.79 Å². The molecule has 0 saturated carbocycles. The zero-order valence-corrected chi connectivity index (χ0v) is 16.0. The van der Waals surface area contributed by atoms with Crippen LogP contribution in [0.15, 0.2) is 29.0 Å². The van der Waals surface area contributed by atoms with Crippen LogP contribution in [-0.4, -0.2) is 54.9 Å². The highest BCUT2D eigenvalue weighted by atomic mass is 35.5. The van der Waals surface area contributed by atoms with Gasteiger partial charge < -0.3 is 29.6 Å². The summed E-state index contributed by atoms with van der Waals surface area (Å²) in [6.07, 6.45) is 0.794. The van der Waals surface area contributed by atoms with Crippen LogP contribution < -0.4 is 20.1 Å². The smallest absolute Gasteiger partial charge is 0.273 e. The predicted molar refractivity (Wildman–Crippen MR) is 102 cm³/mol. The lowest BCUT2D eigenvalue weighted by atomic mass is 10.1. The van der Waals surface area contributed by atoms with Crippen molar-refractivity contribution in [2.24, 2.45) is 5.92 Å². The van der Waals surface area contributed by atoms with Crippen molar-refractivity contribution in [1.82, 2.24) is 15.6 Å². The Balaban J connectivity index is 0.00000131. The van der Waals surface area contributed by atoms with E-state index in [1.54, 1.807) is 18.2 Å². The molecule has 0 aliphatic carbocycles. The Morgan fingerprint density at radius 2 is 2.00 bits per heavy atom. The third kappa shape index (κ3) is 4.47. The number of carbonyl (C=O) groups is 1. The van der Waals surface area contributed by atoms with E-state index in [-0.39, 0.29) is 42.3 Å². The van der Waals surface area contributed by atoms with E-state index < -0.39 is 6.10 Å². The molecule has 1 aromatic heterocycles. The van der Waals surface area contributed by atoms with Crippen LogP contribution in [0, 0.1) is 5.92 Å². The lowest BCUT2D eigenvalue weighted by Crippen LogP contribution is -2.34. The molecule has 10 heteroatoms. The summed E-state index contributed by atoms with van der Waals surface area (Å²) < 4.78 is 16.5. The second-order valence-electron chi connectivity index (χ2n) is 6.08. The minimum absolute atomic E-state index is 0. The van der Waals surface area contributed by atoms with Crippen LogP contribution in [0.5, 0.6) is 11.5 Å². The third-order valence-corrected chi connectivity index (χ3v) is 4.42. The van der Waals surface area contributed by atoms with Gasteiger partial charge in [0.25, 0.3) is 5.91 Å². The van der Waals surface area contributed by atoms with Crippen molar-refractivity contribution in [3.05, 3.63) is 30.3 Å². The molecule has 2 unspecified atom stereocenters. The van der Waals surface area contributed by atoms with Crippen LogP contribution >= 0.6 is 24.8 Å². The summed E-state index contributed by atoms with van der Waals surface area (Å²) in [6.45, 7) is 2.60. The molecule has 1 saturated heterocycles. The fraction of sp³-hybridized carbons (Fsp3) is 0.412. The van der Waals surface area contributed by atoms with Gasteiger partial charge in [-0.25, -0.2) is 4.98 Å². The first-order valence-corrected chi connectivity index (χ1v) is 8.23. The monoisotopic (exact) mass is 417 g/mol. The first kappa shape index (κ1) is 21.3. The molecule has 3 N–H and O–H groups in total. The molecule has 1 aromatic carbocycles. The van der Waals surface area contributed by atoms with Crippen molar-refractivity contribution >= 4 is 30.7 Å². The first-order valence-electron chi connectivity index (χ1n) is 8.23. The Labute approximate surface area is 168 Å². The number of oxazole rings is 1. The van der Waals surface area contributed by atoms with Crippen LogP contribution in [0.3, 0.4) is 0 Å². The molecule has 0 radical (unpaired) electrons. The van der Waals surface area contributed by atoms with Crippen molar-refractivity contribution in [3.8, 4) is 22.8 Å². The summed E-state index contributed by atoms with van der Waals surface area (Å²) in [5.74, 6) is 1.32. The Bertz CT molecular complexity index is 786. The number of carbonyl (C=O) groups excluding carboxylic acids is 1. The molecule has 4 rings (SSSR count). The molecule has 1 fully saturated rings. The molecule has 0 spiro atoms. The second-order valence-corrected chi connectivity index (χ2v) is 6.08. The number of hydrogen-bond acceptors (Lipinski definition) is 7. The third-order valence-electron chi connectivity index (χ3n) is 4.42. The highest BCUT2D eigenvalue weighted by Crippen LogP contribution is 2.35. The van der Waals surface area contributed by atoms with Crippen LogP contribution in [0.4, 0.5) is 0 Å². The summed E-state index contributed by atoms with van der Waals surface area (Å²) >= 11 is 0. The summed E-state index contributed by atoms with van der Waals surface area (Å²) in [5, 5.41) is 15.7. The predicted octanol–water partition coefficient (Wildman–Crippen LogP) is 1.27. The molecule has 2 atom stereocenters. The normalized spacial score (nSPS) is 20.3. The highest BCUT2D eigenvalue weighted by Gasteiger charge is 2.26. The van der Waals surface area contributed by atoms with Gasteiger partial charge in [0.2, 0.25) is 0 Å². The van der Waals surface area contributed by atoms with Gasteiger partial charge >= 0.3 is 0 Å². The van der Waals surface area contributed by atoms with Crippen molar-refractivity contribution in [1.29, 1.82) is 0 Å². The van der Waals surface area contributed by atoms with Crippen LogP contribution in [0.25, 0.3) is 11.3 Å². The maximum Gasteiger partial charge on any atom is 0.273 e. The lowest BCUT2D eigenvalue weighted by molar-refractivity contribution is 0.0923. The maximum atomic E-state index is 12.5. The minimum Gasteiger partial charge on any atom is -0.486 e. The van der Waals surface area contributed by atoms with Crippen LogP contribution in [0.2, 0.25) is 0 Å². The highest BCUT2D eigenvalue weighted by molar-refractivity contribution is 5.97. The van der Waals surface area contributed by atoms with Gasteiger partial charge in [-0.15, -0.1) is 24.8 Å². The van der Waals surface area contributed by atoms with Gasteiger partial charge in [0.1, 0.15) is 13.2 Å². The number of aliphatic hydroxyl groups excluding tert-OH is 1. The largest absolute Gasteiger partial charge is 0.486 e. The van der Waals surface area contributed by atoms with Crippen molar-refractivity contribution in [2.45, 2.75) is 6.10 Å². The van der Waals surface area contributed by atoms with Crippen molar-refractivity contribution in [2.75, 3.05) is 32.8 Å². The number of rotatable bonds is 4. The van der Waals surface area contributed by atoms with Gasteiger partial charge in [0.15, 0.2) is 29.3 Å². The van der Waals surface area contributed by atoms with Crippen molar-refractivity contribution < 1.29 is 23.8 Å². The molecule has 0 bridgehead atoms. The maximum absolute atomic E-state index is 12.5. The average Bonchev–Trinajstić information content (AvgIpc) is 3.28. The number of fused-ring (bicyclic) bond motifs is 1. The Kier molecular flexibility index (Phi) is 7.32. The van der Waals surface area contributed by atoms with Crippen LogP contribution in [-0.2, 0) is 0 Å². The first-order chi connectivity index (χ1) is 12.2. The number of halogens is 2. The number of ether oxygens (including phenoxy) is 2. The Morgan fingerprint density at radius 3 is 2.74 bits per heavy atom. The molecule has 8 nitrogen and oxygen atoms in total. The summed E-state index contributed by atoms with van der Waals surface area (Å²) in [6, 6.07) is 5.36. The van der Waals surface area contributed by atoms with Crippen molar-refractivity contribution in [3.63, 3.8) is 0 Å². The summed E-state index contributed by atoms with van der Waals surface area (Å²) in [4.78, 5) is 16.5. The average molecular weight is 418 g/mol. The van der Waals surface area contributed by atoms with Gasteiger partial charge in [0, 0.05) is 31.1 Å². The minimum atomic E-state index is -0.449. The van der Waals surface area contributed by atoms with Gasteiger partial charge in [0.05, 0.1) is 6.10 Å².